The third-order valence-electron chi connectivity index (χ3n) is 2.01. The van der Waals surface area contributed by atoms with Crippen molar-refractivity contribution in [3.8, 4) is 5.75 Å². The van der Waals surface area contributed by atoms with Crippen molar-refractivity contribution in [3.63, 3.8) is 0 Å². The summed E-state index contributed by atoms with van der Waals surface area (Å²) in [7, 11) is 0. The molecule has 2 aromatic carbocycles. The first kappa shape index (κ1) is 9.71. The van der Waals surface area contributed by atoms with Gasteiger partial charge in [-0.3, -0.25) is 0 Å². The van der Waals surface area contributed by atoms with E-state index in [-0.39, 0.29) is 11.6 Å². The summed E-state index contributed by atoms with van der Waals surface area (Å²) in [6.45, 7) is 0.377. The quantitative estimate of drug-likeness (QED) is 0.741. The molecule has 0 bridgehead atoms. The van der Waals surface area contributed by atoms with Gasteiger partial charge in [-0.1, -0.05) is 36.4 Å². The first-order valence-corrected chi connectivity index (χ1v) is 4.68. The Balaban J connectivity index is 2.03. The van der Waals surface area contributed by atoms with Gasteiger partial charge in [-0.05, 0) is 23.8 Å². The lowest BCUT2D eigenvalue weighted by Crippen LogP contribution is -1.96. The van der Waals surface area contributed by atoms with Crippen LogP contribution in [-0.2, 0) is 6.61 Å². The highest BCUT2D eigenvalue weighted by atomic mass is 19.1. The van der Waals surface area contributed by atoms with E-state index < -0.39 is 0 Å². The zero-order valence-corrected chi connectivity index (χ0v) is 8.11. The summed E-state index contributed by atoms with van der Waals surface area (Å²) in [6.07, 6.45) is 0. The molecule has 0 saturated heterocycles. The van der Waals surface area contributed by atoms with E-state index in [1.165, 1.54) is 6.07 Å². The van der Waals surface area contributed by atoms with Crippen LogP contribution in [0.25, 0.3) is 0 Å². The number of ether oxygens (including phenoxy) is 1. The van der Waals surface area contributed by atoms with Gasteiger partial charge in [0.2, 0.25) is 0 Å². The van der Waals surface area contributed by atoms with Crippen molar-refractivity contribution < 1.29 is 9.13 Å². The van der Waals surface area contributed by atoms with Gasteiger partial charge in [0, 0.05) is 0 Å². The molecule has 15 heavy (non-hydrogen) atoms. The molecule has 1 nitrogen and oxygen atoms in total. The average Bonchev–Trinajstić information content (AvgIpc) is 2.29. The normalized spacial score (nSPS) is 9.93. The van der Waals surface area contributed by atoms with Crippen LogP contribution in [0.1, 0.15) is 5.56 Å². The van der Waals surface area contributed by atoms with Crippen LogP contribution in [0.15, 0.2) is 48.5 Å². The molecule has 0 aliphatic heterocycles. The minimum absolute atomic E-state index is 0.262. The van der Waals surface area contributed by atoms with Crippen molar-refractivity contribution >= 4 is 0 Å². The minimum atomic E-state index is -0.381. The zero-order valence-electron chi connectivity index (χ0n) is 8.11. The van der Waals surface area contributed by atoms with Gasteiger partial charge >= 0.3 is 0 Å². The van der Waals surface area contributed by atoms with Gasteiger partial charge in [-0.15, -0.1) is 0 Å². The second-order valence-corrected chi connectivity index (χ2v) is 3.13. The average molecular weight is 201 g/mol. The first-order valence-electron chi connectivity index (χ1n) is 4.68. The second-order valence-electron chi connectivity index (χ2n) is 3.13. The zero-order chi connectivity index (χ0) is 10.5. The van der Waals surface area contributed by atoms with E-state index in [0.717, 1.165) is 5.56 Å². The van der Waals surface area contributed by atoms with Crippen LogP contribution >= 0.6 is 0 Å². The molecule has 0 heterocycles. The fourth-order valence-corrected chi connectivity index (χ4v) is 1.25. The largest absolute Gasteiger partial charge is 0.486 e. The van der Waals surface area contributed by atoms with E-state index in [4.69, 9.17) is 4.74 Å². The molecule has 1 radical (unpaired) electrons. The van der Waals surface area contributed by atoms with Gasteiger partial charge < -0.3 is 4.74 Å². The van der Waals surface area contributed by atoms with Crippen molar-refractivity contribution in [3.05, 3.63) is 66.0 Å². The molecule has 2 heteroatoms. The molecular weight excluding hydrogens is 191 g/mol. The molecule has 0 unspecified atom stereocenters. The Hall–Kier alpha value is -1.83. The molecular formula is C13H10FO. The molecule has 0 amide bonds. The molecule has 0 aliphatic rings. The van der Waals surface area contributed by atoms with Gasteiger partial charge in [0.15, 0.2) is 11.6 Å². The van der Waals surface area contributed by atoms with Crippen molar-refractivity contribution in [1.29, 1.82) is 0 Å². The first-order chi connectivity index (χ1) is 7.36. The van der Waals surface area contributed by atoms with Crippen molar-refractivity contribution in [2.75, 3.05) is 0 Å². The van der Waals surface area contributed by atoms with Gasteiger partial charge in [-0.25, -0.2) is 4.39 Å². The van der Waals surface area contributed by atoms with Crippen LogP contribution < -0.4 is 4.74 Å². The Bertz CT molecular complexity index is 426. The van der Waals surface area contributed by atoms with E-state index >= 15 is 0 Å². The highest BCUT2D eigenvalue weighted by Crippen LogP contribution is 2.16. The number of hydrogen-bond acceptors (Lipinski definition) is 1. The predicted molar refractivity (Wildman–Crippen MR) is 56.0 cm³/mol. The molecule has 75 valence electrons. The van der Waals surface area contributed by atoms with E-state index in [1.54, 1.807) is 12.1 Å². The van der Waals surface area contributed by atoms with Crippen LogP contribution in [0.3, 0.4) is 0 Å². The van der Waals surface area contributed by atoms with Crippen LogP contribution in [0.5, 0.6) is 5.75 Å². The Labute approximate surface area is 88.1 Å². The van der Waals surface area contributed by atoms with Crippen molar-refractivity contribution in [2.45, 2.75) is 6.61 Å². The maximum absolute atomic E-state index is 13.1. The Morgan fingerprint density at radius 2 is 1.93 bits per heavy atom. The fraction of sp³-hybridized carbons (Fsp3) is 0.0769. The third kappa shape index (κ3) is 2.56. The number of rotatable bonds is 3. The van der Waals surface area contributed by atoms with Crippen molar-refractivity contribution in [2.24, 2.45) is 0 Å². The third-order valence-corrected chi connectivity index (χ3v) is 2.01. The van der Waals surface area contributed by atoms with Gasteiger partial charge in [0.05, 0.1) is 0 Å². The molecule has 0 atom stereocenters. The van der Waals surface area contributed by atoms with Gasteiger partial charge in [-0.2, -0.15) is 0 Å². The molecule has 2 aromatic rings. The summed E-state index contributed by atoms with van der Waals surface area (Å²) >= 11 is 0. The minimum Gasteiger partial charge on any atom is -0.486 e. The second kappa shape index (κ2) is 4.60. The maximum atomic E-state index is 13.1. The van der Waals surface area contributed by atoms with E-state index in [9.17, 15) is 4.39 Å². The molecule has 0 aromatic heterocycles. The van der Waals surface area contributed by atoms with E-state index in [2.05, 4.69) is 6.07 Å². The van der Waals surface area contributed by atoms with Gasteiger partial charge in [0.25, 0.3) is 0 Å². The van der Waals surface area contributed by atoms with Crippen molar-refractivity contribution in [1.82, 2.24) is 0 Å². The Morgan fingerprint density at radius 1 is 1.13 bits per heavy atom. The Kier molecular flexibility index (Phi) is 2.98. The maximum Gasteiger partial charge on any atom is 0.165 e. The van der Waals surface area contributed by atoms with Gasteiger partial charge in [0.1, 0.15) is 6.61 Å². The lowest BCUT2D eigenvalue weighted by atomic mass is 10.2. The SMILES string of the molecule is Fc1c[c]ccc1OCc1ccccc1. The molecule has 0 fully saturated rings. The topological polar surface area (TPSA) is 9.23 Å². The van der Waals surface area contributed by atoms with Crippen LogP contribution in [0, 0.1) is 11.9 Å². The van der Waals surface area contributed by atoms with Crippen LogP contribution in [0.2, 0.25) is 0 Å². The fourth-order valence-electron chi connectivity index (χ4n) is 1.25. The summed E-state index contributed by atoms with van der Waals surface area (Å²) in [5.41, 5.74) is 1.02. The molecule has 2 rings (SSSR count). The summed E-state index contributed by atoms with van der Waals surface area (Å²) in [6, 6.07) is 16.8. The number of hydrogen-bond donors (Lipinski definition) is 0. The Morgan fingerprint density at radius 3 is 2.67 bits per heavy atom. The summed E-state index contributed by atoms with van der Waals surface area (Å²) in [4.78, 5) is 0. The smallest absolute Gasteiger partial charge is 0.165 e. The lowest BCUT2D eigenvalue weighted by molar-refractivity contribution is 0.290. The monoisotopic (exact) mass is 201 g/mol. The summed E-state index contributed by atoms with van der Waals surface area (Å²) in [5, 5.41) is 0. The highest BCUT2D eigenvalue weighted by Gasteiger charge is 2.01. The molecule has 0 N–H and O–H groups in total. The molecule has 0 saturated carbocycles. The number of halogens is 1. The predicted octanol–water partition coefficient (Wildman–Crippen LogP) is 3.20. The summed E-state index contributed by atoms with van der Waals surface area (Å²) < 4.78 is 18.5. The van der Waals surface area contributed by atoms with Crippen LogP contribution in [0.4, 0.5) is 4.39 Å². The summed E-state index contributed by atoms with van der Waals surface area (Å²) in [5.74, 6) is -0.119. The van der Waals surface area contributed by atoms with E-state index in [0.29, 0.717) is 6.61 Å². The number of benzene rings is 2. The highest BCUT2D eigenvalue weighted by molar-refractivity contribution is 5.24. The van der Waals surface area contributed by atoms with E-state index in [1.807, 2.05) is 30.3 Å². The van der Waals surface area contributed by atoms with Crippen LogP contribution in [-0.4, -0.2) is 0 Å². The molecule has 0 aliphatic carbocycles. The standard InChI is InChI=1S/C13H10FO/c14-12-8-4-5-9-13(12)15-10-11-6-2-1-3-7-11/h1-3,5-9H,10H2. The molecule has 0 spiro atoms. The lowest BCUT2D eigenvalue weighted by Gasteiger charge is -2.06.